The van der Waals surface area contributed by atoms with E-state index in [-0.39, 0.29) is 6.61 Å². The SMILES string of the molecule is CCOC(=O)C1=Cc2cc(OC(F)(F)F)cc(O)c2OC1C(F)(F)F. The second-order valence-corrected chi connectivity index (χ2v) is 4.77. The molecule has 1 unspecified atom stereocenters. The molecule has 0 saturated heterocycles. The first-order valence-electron chi connectivity index (χ1n) is 6.67. The molecule has 5 nitrogen and oxygen atoms in total. The molecule has 0 spiro atoms. The largest absolute Gasteiger partial charge is 0.573 e. The van der Waals surface area contributed by atoms with Crippen LogP contribution in [0.2, 0.25) is 0 Å². The Morgan fingerprint density at radius 1 is 1.24 bits per heavy atom. The van der Waals surface area contributed by atoms with E-state index in [1.54, 1.807) is 0 Å². The fraction of sp³-hybridized carbons (Fsp3) is 0.357. The summed E-state index contributed by atoms with van der Waals surface area (Å²) >= 11 is 0. The summed E-state index contributed by atoms with van der Waals surface area (Å²) in [6.07, 6.45) is -12.2. The number of rotatable bonds is 3. The molecule has 2 rings (SSSR count). The second kappa shape index (κ2) is 6.37. The lowest BCUT2D eigenvalue weighted by molar-refractivity contribution is -0.274. The van der Waals surface area contributed by atoms with Gasteiger partial charge in [-0.3, -0.25) is 0 Å². The van der Waals surface area contributed by atoms with E-state index in [9.17, 15) is 36.2 Å². The van der Waals surface area contributed by atoms with Crippen LogP contribution in [-0.4, -0.2) is 36.3 Å². The van der Waals surface area contributed by atoms with E-state index < -0.39 is 53.0 Å². The van der Waals surface area contributed by atoms with Crippen molar-refractivity contribution >= 4 is 12.0 Å². The number of fused-ring (bicyclic) bond motifs is 1. The molecule has 0 saturated carbocycles. The van der Waals surface area contributed by atoms with Crippen molar-refractivity contribution in [1.29, 1.82) is 0 Å². The maximum atomic E-state index is 13.1. The van der Waals surface area contributed by atoms with Gasteiger partial charge in [0.05, 0.1) is 12.2 Å². The van der Waals surface area contributed by atoms with Gasteiger partial charge in [0.2, 0.25) is 6.10 Å². The lowest BCUT2D eigenvalue weighted by atomic mass is 10.0. The van der Waals surface area contributed by atoms with E-state index in [2.05, 4.69) is 14.2 Å². The first-order chi connectivity index (χ1) is 11.4. The lowest BCUT2D eigenvalue weighted by Crippen LogP contribution is -2.40. The molecule has 0 fully saturated rings. The third-order valence-corrected chi connectivity index (χ3v) is 2.94. The van der Waals surface area contributed by atoms with E-state index in [1.165, 1.54) is 6.92 Å². The quantitative estimate of drug-likeness (QED) is 0.649. The molecule has 11 heteroatoms. The molecular weight excluding hydrogens is 362 g/mol. The smallest absolute Gasteiger partial charge is 0.504 e. The van der Waals surface area contributed by atoms with Crippen LogP contribution in [0.4, 0.5) is 26.3 Å². The summed E-state index contributed by atoms with van der Waals surface area (Å²) in [6, 6.07) is 1.12. The highest BCUT2D eigenvalue weighted by Gasteiger charge is 2.49. The first kappa shape index (κ1) is 18.7. The van der Waals surface area contributed by atoms with Crippen molar-refractivity contribution in [3.63, 3.8) is 0 Å². The highest BCUT2D eigenvalue weighted by molar-refractivity contribution is 5.96. The summed E-state index contributed by atoms with van der Waals surface area (Å²) < 4.78 is 88.8. The average Bonchev–Trinajstić information content (AvgIpc) is 2.43. The van der Waals surface area contributed by atoms with E-state index >= 15 is 0 Å². The summed E-state index contributed by atoms with van der Waals surface area (Å²) in [6.45, 7) is 1.13. The van der Waals surface area contributed by atoms with Gasteiger partial charge in [0.1, 0.15) is 5.75 Å². The summed E-state index contributed by atoms with van der Waals surface area (Å²) in [5.41, 5.74) is -1.37. The number of ether oxygens (including phenoxy) is 3. The Hall–Kier alpha value is -2.59. The fourth-order valence-electron chi connectivity index (χ4n) is 2.08. The zero-order valence-corrected chi connectivity index (χ0v) is 12.4. The van der Waals surface area contributed by atoms with Crippen molar-refractivity contribution in [2.75, 3.05) is 6.61 Å². The molecule has 0 aromatic heterocycles. The molecule has 25 heavy (non-hydrogen) atoms. The Bertz CT molecular complexity index is 707. The monoisotopic (exact) mass is 372 g/mol. The summed E-state index contributed by atoms with van der Waals surface area (Å²) in [5, 5.41) is 9.66. The summed E-state index contributed by atoms with van der Waals surface area (Å²) in [4.78, 5) is 11.7. The zero-order valence-electron chi connectivity index (χ0n) is 12.4. The molecule has 138 valence electrons. The van der Waals surface area contributed by atoms with Crippen LogP contribution < -0.4 is 9.47 Å². The van der Waals surface area contributed by atoms with Crippen molar-refractivity contribution in [2.45, 2.75) is 25.6 Å². The van der Waals surface area contributed by atoms with Crippen LogP contribution >= 0.6 is 0 Å². The Balaban J connectivity index is 2.53. The third kappa shape index (κ3) is 4.28. The Morgan fingerprint density at radius 2 is 1.88 bits per heavy atom. The molecular formula is C14H10F6O5. The van der Waals surface area contributed by atoms with Gasteiger partial charge in [-0.15, -0.1) is 13.2 Å². The van der Waals surface area contributed by atoms with Gasteiger partial charge < -0.3 is 19.3 Å². The molecule has 1 N–H and O–H groups in total. The summed E-state index contributed by atoms with van der Waals surface area (Å²) in [7, 11) is 0. The van der Waals surface area contributed by atoms with Gasteiger partial charge >= 0.3 is 18.5 Å². The number of halogens is 6. The third-order valence-electron chi connectivity index (χ3n) is 2.94. The highest BCUT2D eigenvalue weighted by Crippen LogP contribution is 2.44. The number of hydrogen-bond donors (Lipinski definition) is 1. The first-order valence-corrected chi connectivity index (χ1v) is 6.67. The van der Waals surface area contributed by atoms with Crippen LogP contribution in [0.15, 0.2) is 17.7 Å². The van der Waals surface area contributed by atoms with Gasteiger partial charge in [-0.1, -0.05) is 0 Å². The number of phenolic OH excluding ortho intramolecular Hbond substituents is 1. The highest BCUT2D eigenvalue weighted by atomic mass is 19.4. The number of esters is 1. The Kier molecular flexibility index (Phi) is 4.78. The maximum absolute atomic E-state index is 13.1. The number of aromatic hydroxyl groups is 1. The molecule has 1 aliphatic rings. The van der Waals surface area contributed by atoms with E-state index in [1.807, 2.05) is 0 Å². The van der Waals surface area contributed by atoms with Gasteiger partial charge in [0.15, 0.2) is 11.5 Å². The number of hydrogen-bond acceptors (Lipinski definition) is 5. The van der Waals surface area contributed by atoms with E-state index in [0.29, 0.717) is 18.2 Å². The van der Waals surface area contributed by atoms with Crippen LogP contribution in [0, 0.1) is 0 Å². The number of benzene rings is 1. The van der Waals surface area contributed by atoms with Crippen LogP contribution in [0.1, 0.15) is 12.5 Å². The number of alkyl halides is 6. The number of phenols is 1. The van der Waals surface area contributed by atoms with Crippen LogP contribution in [0.5, 0.6) is 17.2 Å². The van der Waals surface area contributed by atoms with Crippen LogP contribution in [0.3, 0.4) is 0 Å². The average molecular weight is 372 g/mol. The Labute approximate surface area is 136 Å². The molecule has 0 aliphatic carbocycles. The maximum Gasteiger partial charge on any atom is 0.573 e. The number of carbonyl (C=O) groups is 1. The van der Waals surface area contributed by atoms with Gasteiger partial charge in [-0.25, -0.2) is 4.79 Å². The minimum absolute atomic E-state index is 0.226. The molecule has 1 heterocycles. The zero-order chi connectivity index (χ0) is 19.0. The van der Waals surface area contributed by atoms with Crippen molar-refractivity contribution in [3.05, 3.63) is 23.3 Å². The lowest BCUT2D eigenvalue weighted by Gasteiger charge is -2.28. The van der Waals surface area contributed by atoms with Gasteiger partial charge in [0.25, 0.3) is 0 Å². The van der Waals surface area contributed by atoms with Gasteiger partial charge in [-0.05, 0) is 19.1 Å². The van der Waals surface area contributed by atoms with Crippen molar-refractivity contribution in [1.82, 2.24) is 0 Å². The number of carbonyl (C=O) groups excluding carboxylic acids is 1. The molecule has 1 atom stereocenters. The minimum Gasteiger partial charge on any atom is -0.504 e. The van der Waals surface area contributed by atoms with Crippen LogP contribution in [-0.2, 0) is 9.53 Å². The van der Waals surface area contributed by atoms with Gasteiger partial charge in [0, 0.05) is 11.6 Å². The van der Waals surface area contributed by atoms with Crippen molar-refractivity contribution < 1.29 is 50.5 Å². The van der Waals surface area contributed by atoms with Gasteiger partial charge in [-0.2, -0.15) is 13.2 Å². The molecule has 1 aromatic rings. The predicted molar refractivity (Wildman–Crippen MR) is 69.9 cm³/mol. The Morgan fingerprint density at radius 3 is 2.40 bits per heavy atom. The van der Waals surface area contributed by atoms with Crippen molar-refractivity contribution in [2.24, 2.45) is 0 Å². The van der Waals surface area contributed by atoms with E-state index in [0.717, 1.165) is 0 Å². The molecule has 0 amide bonds. The van der Waals surface area contributed by atoms with Crippen molar-refractivity contribution in [3.8, 4) is 17.2 Å². The predicted octanol–water partition coefficient (Wildman–Crippen LogP) is 3.56. The molecule has 0 radical (unpaired) electrons. The van der Waals surface area contributed by atoms with Crippen LogP contribution in [0.25, 0.3) is 6.08 Å². The molecule has 1 aromatic carbocycles. The van der Waals surface area contributed by atoms with E-state index in [4.69, 9.17) is 0 Å². The normalized spacial score (nSPS) is 17.2. The standard InChI is InChI=1S/C14H10F6O5/c1-2-23-12(22)8-4-6-3-7(25-14(18,19)20)5-9(21)10(6)24-11(8)13(15,16)17/h3-5,11,21H,2H2,1H3. The topological polar surface area (TPSA) is 65.0 Å². The second-order valence-electron chi connectivity index (χ2n) is 4.77. The fourth-order valence-corrected chi connectivity index (χ4v) is 2.08. The summed E-state index contributed by atoms with van der Waals surface area (Å²) in [5.74, 6) is -3.98. The molecule has 0 bridgehead atoms. The minimum atomic E-state index is -5.08. The molecule has 1 aliphatic heterocycles.